The highest BCUT2D eigenvalue weighted by molar-refractivity contribution is 9.10. The molecule has 0 radical (unpaired) electrons. The maximum Gasteiger partial charge on any atom is 0.421 e. The monoisotopic (exact) mass is 352 g/mol. The van der Waals surface area contributed by atoms with Crippen LogP contribution in [-0.2, 0) is 6.18 Å². The third-order valence-electron chi connectivity index (χ3n) is 3.68. The number of rotatable bonds is 4. The van der Waals surface area contributed by atoms with Crippen molar-refractivity contribution in [3.05, 3.63) is 22.3 Å². The van der Waals surface area contributed by atoms with E-state index in [0.29, 0.717) is 12.5 Å². The summed E-state index contributed by atoms with van der Waals surface area (Å²) in [5.41, 5.74) is 4.80. The van der Waals surface area contributed by atoms with Crippen LogP contribution >= 0.6 is 15.9 Å². The molecule has 1 aliphatic rings. The summed E-state index contributed by atoms with van der Waals surface area (Å²) in [7, 11) is 0. The molecule has 112 valence electrons. The Morgan fingerprint density at radius 1 is 1.35 bits per heavy atom. The lowest BCUT2D eigenvalue weighted by atomic mass is 9.97. The van der Waals surface area contributed by atoms with Crippen LogP contribution in [0.3, 0.4) is 0 Å². The lowest BCUT2D eigenvalue weighted by molar-refractivity contribution is -0.139. The predicted molar refractivity (Wildman–Crippen MR) is 72.3 cm³/mol. The second kappa shape index (κ2) is 6.30. The summed E-state index contributed by atoms with van der Waals surface area (Å²) in [6, 6.07) is 0.984. The molecule has 0 spiro atoms. The lowest BCUT2D eigenvalue weighted by Crippen LogP contribution is -2.24. The van der Waals surface area contributed by atoms with Crippen molar-refractivity contribution >= 4 is 15.9 Å². The first-order valence-corrected chi connectivity index (χ1v) is 7.26. The number of aromatic nitrogens is 1. The Balaban J connectivity index is 2.09. The van der Waals surface area contributed by atoms with Crippen LogP contribution in [0.15, 0.2) is 16.7 Å². The Labute approximate surface area is 123 Å². The largest absolute Gasteiger partial charge is 0.477 e. The summed E-state index contributed by atoms with van der Waals surface area (Å²) in [5.74, 6) is 0.190. The van der Waals surface area contributed by atoms with Crippen LogP contribution in [0.1, 0.15) is 24.8 Å². The smallest absolute Gasteiger partial charge is 0.421 e. The zero-order valence-corrected chi connectivity index (χ0v) is 12.4. The number of pyridine rings is 1. The van der Waals surface area contributed by atoms with E-state index in [4.69, 9.17) is 10.5 Å². The molecule has 1 aromatic heterocycles. The molecule has 2 N–H and O–H groups in total. The van der Waals surface area contributed by atoms with Gasteiger partial charge in [0.25, 0.3) is 0 Å². The molecule has 1 fully saturated rings. The molecule has 7 heteroatoms. The van der Waals surface area contributed by atoms with Crippen LogP contribution in [0.25, 0.3) is 0 Å². The number of halogens is 4. The lowest BCUT2D eigenvalue weighted by Gasteiger charge is -2.19. The molecule has 0 aromatic carbocycles. The van der Waals surface area contributed by atoms with Crippen LogP contribution in [0.4, 0.5) is 13.2 Å². The summed E-state index contributed by atoms with van der Waals surface area (Å²) in [6.07, 6.45) is -0.158. The molecule has 0 aliphatic heterocycles. The third kappa shape index (κ3) is 3.63. The van der Waals surface area contributed by atoms with Crippen LogP contribution in [0.5, 0.6) is 5.88 Å². The van der Waals surface area contributed by atoms with E-state index >= 15 is 0 Å². The van der Waals surface area contributed by atoms with E-state index in [-0.39, 0.29) is 22.9 Å². The molecule has 2 rings (SSSR count). The fraction of sp³-hybridized carbons (Fsp3) is 0.615. The number of nitrogens with zero attached hydrogens (tertiary/aromatic N) is 1. The zero-order chi connectivity index (χ0) is 14.8. The van der Waals surface area contributed by atoms with E-state index in [1.807, 2.05) is 0 Å². The van der Waals surface area contributed by atoms with E-state index in [9.17, 15) is 13.2 Å². The molecule has 20 heavy (non-hydrogen) atoms. The van der Waals surface area contributed by atoms with Crippen molar-refractivity contribution in [1.82, 2.24) is 4.98 Å². The minimum absolute atomic E-state index is 0.214. The highest BCUT2D eigenvalue weighted by Gasteiger charge is 2.36. The Morgan fingerprint density at radius 3 is 2.70 bits per heavy atom. The first kappa shape index (κ1) is 15.6. The van der Waals surface area contributed by atoms with E-state index in [0.717, 1.165) is 25.3 Å². The summed E-state index contributed by atoms with van der Waals surface area (Å²) in [5, 5.41) is 0. The van der Waals surface area contributed by atoms with Crippen molar-refractivity contribution in [2.24, 2.45) is 17.6 Å². The van der Waals surface area contributed by atoms with Gasteiger partial charge in [-0.05, 0) is 53.2 Å². The van der Waals surface area contributed by atoms with E-state index in [2.05, 4.69) is 20.9 Å². The second-order valence-electron chi connectivity index (χ2n) is 5.00. The highest BCUT2D eigenvalue weighted by atomic mass is 79.9. The molecule has 1 aliphatic carbocycles. The third-order valence-corrected chi connectivity index (χ3v) is 4.11. The summed E-state index contributed by atoms with van der Waals surface area (Å²) in [6.45, 7) is 0.785. The number of nitrogens with two attached hydrogens (primary N) is 1. The second-order valence-corrected chi connectivity index (χ2v) is 5.92. The summed E-state index contributed by atoms with van der Waals surface area (Å²) in [4.78, 5) is 3.74. The van der Waals surface area contributed by atoms with Gasteiger partial charge >= 0.3 is 6.18 Å². The molecular weight excluding hydrogens is 337 g/mol. The molecule has 2 atom stereocenters. The van der Waals surface area contributed by atoms with Gasteiger partial charge in [0.15, 0.2) is 0 Å². The van der Waals surface area contributed by atoms with Gasteiger partial charge < -0.3 is 10.5 Å². The average molecular weight is 353 g/mol. The van der Waals surface area contributed by atoms with Crippen molar-refractivity contribution in [2.45, 2.75) is 25.4 Å². The number of hydrogen-bond donors (Lipinski definition) is 1. The normalized spacial score (nSPS) is 23.1. The molecule has 0 amide bonds. The first-order valence-electron chi connectivity index (χ1n) is 6.47. The molecule has 1 aromatic rings. The minimum Gasteiger partial charge on any atom is -0.477 e. The topological polar surface area (TPSA) is 48.1 Å². The Hall–Kier alpha value is -0.820. The van der Waals surface area contributed by atoms with Crippen LogP contribution < -0.4 is 10.5 Å². The van der Waals surface area contributed by atoms with E-state index < -0.39 is 11.7 Å². The van der Waals surface area contributed by atoms with Gasteiger partial charge in [-0.15, -0.1) is 0 Å². The van der Waals surface area contributed by atoms with E-state index in [1.165, 1.54) is 6.20 Å². The zero-order valence-electron chi connectivity index (χ0n) is 10.8. The molecule has 1 saturated carbocycles. The van der Waals surface area contributed by atoms with Gasteiger partial charge in [-0.3, -0.25) is 0 Å². The van der Waals surface area contributed by atoms with Gasteiger partial charge in [0, 0.05) is 10.7 Å². The summed E-state index contributed by atoms with van der Waals surface area (Å²) < 4.78 is 44.3. The average Bonchev–Trinajstić information content (AvgIpc) is 2.83. The highest BCUT2D eigenvalue weighted by Crippen LogP contribution is 2.37. The maximum atomic E-state index is 12.9. The summed E-state index contributed by atoms with van der Waals surface area (Å²) >= 11 is 2.99. The van der Waals surface area contributed by atoms with Crippen LogP contribution in [-0.4, -0.2) is 18.1 Å². The van der Waals surface area contributed by atoms with Crippen molar-refractivity contribution in [2.75, 3.05) is 13.2 Å². The molecule has 0 saturated heterocycles. The van der Waals surface area contributed by atoms with Crippen molar-refractivity contribution in [1.29, 1.82) is 0 Å². The van der Waals surface area contributed by atoms with Gasteiger partial charge in [-0.1, -0.05) is 6.42 Å². The van der Waals surface area contributed by atoms with Gasteiger partial charge in [-0.2, -0.15) is 13.2 Å². The number of hydrogen-bond acceptors (Lipinski definition) is 3. The molecule has 2 unspecified atom stereocenters. The number of alkyl halides is 3. The quantitative estimate of drug-likeness (QED) is 0.900. The fourth-order valence-electron chi connectivity index (χ4n) is 2.57. The SMILES string of the molecule is NCC1CCCC1COc1ncc(Br)cc1C(F)(F)F. The standard InChI is InChI=1S/C13H16BrF3N2O/c14-10-4-11(13(15,16)17)12(19-6-10)20-7-9-3-1-2-8(9)5-18/h4,6,8-9H,1-3,5,7,18H2. The molecular formula is C13H16BrF3N2O. The van der Waals surface area contributed by atoms with Gasteiger partial charge in [0.2, 0.25) is 5.88 Å². The van der Waals surface area contributed by atoms with Crippen LogP contribution in [0, 0.1) is 11.8 Å². The van der Waals surface area contributed by atoms with Crippen molar-refractivity contribution in [3.8, 4) is 5.88 Å². The Kier molecular flexibility index (Phi) is 4.90. The maximum absolute atomic E-state index is 12.9. The minimum atomic E-state index is -4.48. The number of ether oxygens (including phenoxy) is 1. The van der Waals surface area contributed by atoms with Gasteiger partial charge in [-0.25, -0.2) is 4.98 Å². The molecule has 1 heterocycles. The first-order chi connectivity index (χ1) is 9.41. The van der Waals surface area contributed by atoms with Gasteiger partial charge in [0.1, 0.15) is 5.56 Å². The molecule has 0 bridgehead atoms. The van der Waals surface area contributed by atoms with Crippen molar-refractivity contribution in [3.63, 3.8) is 0 Å². The van der Waals surface area contributed by atoms with Gasteiger partial charge in [0.05, 0.1) is 6.61 Å². The van der Waals surface area contributed by atoms with E-state index in [1.54, 1.807) is 0 Å². The Bertz CT molecular complexity index is 467. The fourth-order valence-corrected chi connectivity index (χ4v) is 2.91. The molecule has 3 nitrogen and oxygen atoms in total. The van der Waals surface area contributed by atoms with Crippen LogP contribution in [0.2, 0.25) is 0 Å². The van der Waals surface area contributed by atoms with Crippen molar-refractivity contribution < 1.29 is 17.9 Å². The Morgan fingerprint density at radius 2 is 2.05 bits per heavy atom. The predicted octanol–water partition coefficient (Wildman–Crippen LogP) is 3.62.